The zero-order valence-electron chi connectivity index (χ0n) is 16.0. The normalized spacial score (nSPS) is 16.3. The van der Waals surface area contributed by atoms with Gasteiger partial charge in [-0.05, 0) is 31.2 Å². The Morgan fingerprint density at radius 2 is 1.93 bits per heavy atom. The Morgan fingerprint density at radius 3 is 2.72 bits per heavy atom. The number of carbonyl (C=O) groups is 2. The number of likely N-dealkylation sites (N-methyl/N-ethyl adjacent to an activating group) is 1. The van der Waals surface area contributed by atoms with Crippen molar-refractivity contribution >= 4 is 33.4 Å². The summed E-state index contributed by atoms with van der Waals surface area (Å²) in [5.74, 6) is 0.113. The number of benzene rings is 2. The lowest BCUT2D eigenvalue weighted by molar-refractivity contribution is -0.160. The number of carbonyl (C=O) groups excluding carboxylic acids is 2. The lowest BCUT2D eigenvalue weighted by atomic mass is 10.2. The molecule has 0 saturated carbocycles. The predicted molar refractivity (Wildman–Crippen MR) is 108 cm³/mol. The molecule has 1 aromatic heterocycles. The lowest BCUT2D eigenvalue weighted by Crippen LogP contribution is -2.40. The average Bonchev–Trinajstić information content (AvgIpc) is 3.20. The van der Waals surface area contributed by atoms with Crippen LogP contribution >= 0.6 is 11.3 Å². The van der Waals surface area contributed by atoms with Crippen molar-refractivity contribution in [3.8, 4) is 11.5 Å². The Hall–Kier alpha value is -3.13. The number of thiazole rings is 1. The number of para-hydroxylation sites is 3. The monoisotopic (exact) mass is 412 g/mol. The summed E-state index contributed by atoms with van der Waals surface area (Å²) in [7, 11) is 1.67. The third kappa shape index (κ3) is 4.02. The summed E-state index contributed by atoms with van der Waals surface area (Å²) in [6, 6.07) is 14.7. The van der Waals surface area contributed by atoms with Gasteiger partial charge < -0.3 is 19.1 Å². The first-order valence-electron chi connectivity index (χ1n) is 9.19. The van der Waals surface area contributed by atoms with Crippen LogP contribution in [-0.4, -0.2) is 48.1 Å². The maximum Gasteiger partial charge on any atom is 0.351 e. The van der Waals surface area contributed by atoms with Crippen LogP contribution in [0, 0.1) is 0 Å². The van der Waals surface area contributed by atoms with Crippen molar-refractivity contribution in [1.82, 2.24) is 9.88 Å². The van der Waals surface area contributed by atoms with E-state index >= 15 is 0 Å². The van der Waals surface area contributed by atoms with Gasteiger partial charge in [0.25, 0.3) is 5.91 Å². The SMILES string of the molecule is C[C@@H](c1nc2ccccc2s1)N(C)C(=O)COC(=O)[C@H]1COc2ccccc2O1. The first-order valence-corrected chi connectivity index (χ1v) is 10.0. The number of esters is 1. The fourth-order valence-electron chi connectivity index (χ4n) is 2.91. The number of nitrogens with zero attached hydrogens (tertiary/aromatic N) is 2. The van der Waals surface area contributed by atoms with Gasteiger partial charge in [-0.15, -0.1) is 11.3 Å². The Morgan fingerprint density at radius 1 is 1.21 bits per heavy atom. The van der Waals surface area contributed by atoms with Crippen molar-refractivity contribution in [3.63, 3.8) is 0 Å². The summed E-state index contributed by atoms with van der Waals surface area (Å²) in [5, 5.41) is 0.828. The number of ether oxygens (including phenoxy) is 3. The van der Waals surface area contributed by atoms with E-state index < -0.39 is 12.1 Å². The molecule has 8 heteroatoms. The second-order valence-corrected chi connectivity index (χ2v) is 7.73. The molecule has 0 N–H and O–H groups in total. The summed E-state index contributed by atoms with van der Waals surface area (Å²) in [5.41, 5.74) is 0.904. The van der Waals surface area contributed by atoms with E-state index in [-0.39, 0.29) is 25.2 Å². The molecule has 2 atom stereocenters. The van der Waals surface area contributed by atoms with E-state index in [9.17, 15) is 9.59 Å². The average molecular weight is 412 g/mol. The number of aromatic nitrogens is 1. The molecule has 7 nitrogen and oxygen atoms in total. The van der Waals surface area contributed by atoms with Gasteiger partial charge in [-0.25, -0.2) is 9.78 Å². The zero-order valence-corrected chi connectivity index (χ0v) is 16.8. The Balaban J connectivity index is 1.33. The van der Waals surface area contributed by atoms with Crippen LogP contribution in [0.4, 0.5) is 0 Å². The summed E-state index contributed by atoms with van der Waals surface area (Å²) < 4.78 is 17.4. The molecule has 0 spiro atoms. The molecule has 2 aromatic carbocycles. The molecule has 3 aromatic rings. The molecular weight excluding hydrogens is 392 g/mol. The summed E-state index contributed by atoms with van der Waals surface area (Å²) >= 11 is 1.54. The van der Waals surface area contributed by atoms with Gasteiger partial charge in [0.2, 0.25) is 6.10 Å². The maximum atomic E-state index is 12.5. The zero-order chi connectivity index (χ0) is 20.4. The largest absolute Gasteiger partial charge is 0.485 e. The molecule has 0 bridgehead atoms. The van der Waals surface area contributed by atoms with Crippen LogP contribution < -0.4 is 9.47 Å². The van der Waals surface area contributed by atoms with Crippen LogP contribution in [0.2, 0.25) is 0 Å². The molecular formula is C21H20N2O5S. The lowest BCUT2D eigenvalue weighted by Gasteiger charge is -2.26. The fourth-order valence-corrected chi connectivity index (χ4v) is 3.98. The highest BCUT2D eigenvalue weighted by atomic mass is 32.1. The molecule has 0 aliphatic carbocycles. The number of fused-ring (bicyclic) bond motifs is 2. The van der Waals surface area contributed by atoms with Crippen molar-refractivity contribution in [2.45, 2.75) is 19.1 Å². The van der Waals surface area contributed by atoms with Crippen molar-refractivity contribution in [3.05, 3.63) is 53.5 Å². The molecule has 0 unspecified atom stereocenters. The summed E-state index contributed by atoms with van der Waals surface area (Å²) in [6.07, 6.45) is -0.898. The van der Waals surface area contributed by atoms with E-state index in [0.717, 1.165) is 15.2 Å². The highest BCUT2D eigenvalue weighted by Gasteiger charge is 2.30. The van der Waals surface area contributed by atoms with Gasteiger partial charge >= 0.3 is 5.97 Å². The molecule has 150 valence electrons. The fraction of sp³-hybridized carbons (Fsp3) is 0.286. The predicted octanol–water partition coefficient (Wildman–Crippen LogP) is 3.20. The third-order valence-corrected chi connectivity index (χ3v) is 5.96. The van der Waals surface area contributed by atoms with Gasteiger partial charge in [0, 0.05) is 7.05 Å². The van der Waals surface area contributed by atoms with E-state index in [2.05, 4.69) is 4.98 Å². The maximum absolute atomic E-state index is 12.5. The molecule has 0 saturated heterocycles. The Bertz CT molecular complexity index is 1020. The number of amides is 1. The second-order valence-electron chi connectivity index (χ2n) is 6.67. The first-order chi connectivity index (χ1) is 14.0. The van der Waals surface area contributed by atoms with E-state index in [1.165, 1.54) is 4.90 Å². The minimum absolute atomic E-state index is 0.0436. The second kappa shape index (κ2) is 8.08. The molecule has 1 aliphatic heterocycles. The van der Waals surface area contributed by atoms with Gasteiger partial charge in [0.1, 0.15) is 11.6 Å². The topological polar surface area (TPSA) is 78.0 Å². The standard InChI is InChI=1S/C21H20N2O5S/c1-13(20-22-14-7-3-6-10-18(14)29-20)23(2)19(24)12-27-21(25)17-11-26-15-8-4-5-9-16(15)28-17/h3-10,13,17H,11-12H2,1-2H3/t13-,17+/m0/s1. The van der Waals surface area contributed by atoms with E-state index in [0.29, 0.717) is 11.5 Å². The van der Waals surface area contributed by atoms with Crippen molar-refractivity contribution < 1.29 is 23.8 Å². The van der Waals surface area contributed by atoms with Crippen LogP contribution in [0.25, 0.3) is 10.2 Å². The minimum Gasteiger partial charge on any atom is -0.485 e. The van der Waals surface area contributed by atoms with Crippen LogP contribution in [0.5, 0.6) is 11.5 Å². The summed E-state index contributed by atoms with van der Waals surface area (Å²) in [6.45, 7) is 1.57. The van der Waals surface area contributed by atoms with Gasteiger partial charge in [0.15, 0.2) is 18.1 Å². The molecule has 0 fully saturated rings. The van der Waals surface area contributed by atoms with Crippen molar-refractivity contribution in [2.75, 3.05) is 20.3 Å². The van der Waals surface area contributed by atoms with Crippen molar-refractivity contribution in [2.24, 2.45) is 0 Å². The van der Waals surface area contributed by atoms with Crippen molar-refractivity contribution in [1.29, 1.82) is 0 Å². The number of hydrogen-bond acceptors (Lipinski definition) is 7. The molecule has 1 aliphatic rings. The van der Waals surface area contributed by atoms with Gasteiger partial charge in [0.05, 0.1) is 16.3 Å². The van der Waals surface area contributed by atoms with Gasteiger partial charge in [-0.3, -0.25) is 4.79 Å². The highest BCUT2D eigenvalue weighted by molar-refractivity contribution is 7.18. The van der Waals surface area contributed by atoms with Crippen LogP contribution in [0.1, 0.15) is 18.0 Å². The summed E-state index contributed by atoms with van der Waals surface area (Å²) in [4.78, 5) is 30.9. The minimum atomic E-state index is -0.898. The van der Waals surface area contributed by atoms with Crippen LogP contribution in [-0.2, 0) is 14.3 Å². The highest BCUT2D eigenvalue weighted by Crippen LogP contribution is 2.31. The van der Waals surface area contributed by atoms with Gasteiger partial charge in [-0.2, -0.15) is 0 Å². The molecule has 2 heterocycles. The van der Waals surface area contributed by atoms with Crippen LogP contribution in [0.3, 0.4) is 0 Å². The third-order valence-electron chi connectivity index (χ3n) is 4.75. The number of rotatable bonds is 5. The van der Waals surface area contributed by atoms with E-state index in [4.69, 9.17) is 14.2 Å². The van der Waals surface area contributed by atoms with Crippen LogP contribution in [0.15, 0.2) is 48.5 Å². The molecule has 1 amide bonds. The van der Waals surface area contributed by atoms with E-state index in [1.54, 1.807) is 36.6 Å². The molecule has 29 heavy (non-hydrogen) atoms. The smallest absolute Gasteiger partial charge is 0.351 e. The molecule has 0 radical (unpaired) electrons. The Labute approximate surface area is 171 Å². The van der Waals surface area contributed by atoms with E-state index in [1.807, 2.05) is 37.3 Å². The Kier molecular flexibility index (Phi) is 5.35. The quantitative estimate of drug-likeness (QED) is 0.599. The van der Waals surface area contributed by atoms with Gasteiger partial charge in [-0.1, -0.05) is 24.3 Å². The number of hydrogen-bond donors (Lipinski definition) is 0. The molecule has 4 rings (SSSR count). The first kappa shape index (κ1) is 19.2.